The molecule has 2 aliphatic rings. The van der Waals surface area contributed by atoms with Crippen LogP contribution in [0.25, 0.3) is 0 Å². The fourth-order valence-electron chi connectivity index (χ4n) is 3.50. The molecule has 2 heterocycles. The Morgan fingerprint density at radius 3 is 2.67 bits per heavy atom. The highest BCUT2D eigenvalue weighted by molar-refractivity contribution is 5.90. The van der Waals surface area contributed by atoms with Gasteiger partial charge in [0.1, 0.15) is 5.82 Å². The zero-order chi connectivity index (χ0) is 16.8. The minimum absolute atomic E-state index is 0.0593. The topological polar surface area (TPSA) is 44.8 Å². The molecule has 24 heavy (non-hydrogen) atoms. The van der Waals surface area contributed by atoms with Crippen molar-refractivity contribution in [1.29, 1.82) is 0 Å². The number of nitrogens with one attached hydrogen (secondary N) is 1. The van der Waals surface area contributed by atoms with Crippen LogP contribution in [0.3, 0.4) is 0 Å². The van der Waals surface area contributed by atoms with Crippen LogP contribution in [0.2, 0.25) is 0 Å². The molecule has 0 saturated carbocycles. The first-order chi connectivity index (χ1) is 11.7. The third-order valence-corrected chi connectivity index (χ3v) is 4.88. The van der Waals surface area contributed by atoms with Crippen molar-refractivity contribution in [1.82, 2.24) is 9.80 Å². The molecule has 2 fully saturated rings. The number of rotatable bonds is 5. The van der Waals surface area contributed by atoms with Crippen LogP contribution in [0.4, 0.5) is 10.1 Å². The van der Waals surface area contributed by atoms with Crippen LogP contribution in [-0.2, 0) is 9.53 Å². The third kappa shape index (κ3) is 5.00. The molecule has 0 aliphatic carbocycles. The summed E-state index contributed by atoms with van der Waals surface area (Å²) in [7, 11) is 0. The predicted octanol–water partition coefficient (Wildman–Crippen LogP) is 1.95. The van der Waals surface area contributed by atoms with E-state index in [4.69, 9.17) is 4.74 Å². The molecule has 6 heteroatoms. The van der Waals surface area contributed by atoms with Crippen molar-refractivity contribution in [3.8, 4) is 0 Å². The Labute approximate surface area is 142 Å². The van der Waals surface area contributed by atoms with Crippen molar-refractivity contribution < 1.29 is 13.9 Å². The number of piperidine rings is 1. The number of nitrogens with zero attached hydrogens (tertiary/aromatic N) is 2. The number of morpholine rings is 1. The summed E-state index contributed by atoms with van der Waals surface area (Å²) in [4.78, 5) is 16.9. The van der Waals surface area contributed by atoms with Gasteiger partial charge in [-0.05, 0) is 44.1 Å². The lowest BCUT2D eigenvalue weighted by atomic mass is 10.0. The molecule has 0 unspecified atom stereocenters. The van der Waals surface area contributed by atoms with E-state index in [1.807, 2.05) is 0 Å². The van der Waals surface area contributed by atoms with E-state index in [0.717, 1.165) is 58.8 Å². The number of halogens is 1. The van der Waals surface area contributed by atoms with E-state index in [0.29, 0.717) is 18.2 Å². The van der Waals surface area contributed by atoms with Crippen molar-refractivity contribution in [2.24, 2.45) is 0 Å². The summed E-state index contributed by atoms with van der Waals surface area (Å²) in [6, 6.07) is 6.67. The second-order valence-electron chi connectivity index (χ2n) is 6.53. The highest BCUT2D eigenvalue weighted by atomic mass is 19.1. The Kier molecular flexibility index (Phi) is 6.18. The summed E-state index contributed by atoms with van der Waals surface area (Å²) in [6.45, 7) is 6.61. The normalized spacial score (nSPS) is 20.9. The molecule has 1 aromatic carbocycles. The highest BCUT2D eigenvalue weighted by Gasteiger charge is 2.25. The molecule has 1 N–H and O–H groups in total. The van der Waals surface area contributed by atoms with Gasteiger partial charge in [0.15, 0.2) is 0 Å². The molecule has 1 aromatic rings. The maximum absolute atomic E-state index is 13.1. The second kappa shape index (κ2) is 8.55. The number of amides is 1. The fourth-order valence-corrected chi connectivity index (χ4v) is 3.50. The Morgan fingerprint density at radius 2 is 1.96 bits per heavy atom. The molecule has 3 rings (SSSR count). The number of anilines is 1. The van der Waals surface area contributed by atoms with Crippen LogP contribution in [0, 0.1) is 5.82 Å². The number of likely N-dealkylation sites (tertiary alicyclic amines) is 1. The van der Waals surface area contributed by atoms with Gasteiger partial charge in [0, 0.05) is 37.8 Å². The monoisotopic (exact) mass is 335 g/mol. The summed E-state index contributed by atoms with van der Waals surface area (Å²) in [5.41, 5.74) is 0.519. The Morgan fingerprint density at radius 1 is 1.21 bits per heavy atom. The van der Waals surface area contributed by atoms with Crippen LogP contribution in [0.5, 0.6) is 0 Å². The van der Waals surface area contributed by atoms with Gasteiger partial charge in [-0.2, -0.15) is 0 Å². The molecule has 0 bridgehead atoms. The molecule has 0 aromatic heterocycles. The number of carbonyl (C=O) groups excluding carboxylic acids is 1. The summed E-state index contributed by atoms with van der Waals surface area (Å²) in [5.74, 6) is -0.395. The maximum atomic E-state index is 13.1. The van der Waals surface area contributed by atoms with E-state index < -0.39 is 0 Å². The van der Waals surface area contributed by atoms with Crippen LogP contribution >= 0.6 is 0 Å². The van der Waals surface area contributed by atoms with Gasteiger partial charge in [0.2, 0.25) is 5.91 Å². The average Bonchev–Trinajstić information content (AvgIpc) is 2.61. The van der Waals surface area contributed by atoms with Crippen molar-refractivity contribution in [3.05, 3.63) is 30.1 Å². The Bertz CT molecular complexity index is 541. The summed E-state index contributed by atoms with van der Waals surface area (Å²) in [5, 5.41) is 2.76. The van der Waals surface area contributed by atoms with Crippen molar-refractivity contribution in [3.63, 3.8) is 0 Å². The van der Waals surface area contributed by atoms with E-state index in [2.05, 4.69) is 15.1 Å². The van der Waals surface area contributed by atoms with Gasteiger partial charge in [0.25, 0.3) is 0 Å². The zero-order valence-corrected chi connectivity index (χ0v) is 14.0. The molecule has 132 valence electrons. The number of carbonyl (C=O) groups is 1. The lowest BCUT2D eigenvalue weighted by Gasteiger charge is -2.40. The third-order valence-electron chi connectivity index (χ3n) is 4.88. The first-order valence-corrected chi connectivity index (χ1v) is 8.80. The fraction of sp³-hybridized carbons (Fsp3) is 0.611. The summed E-state index contributed by atoms with van der Waals surface area (Å²) >= 11 is 0. The van der Waals surface area contributed by atoms with Gasteiger partial charge < -0.3 is 15.0 Å². The van der Waals surface area contributed by atoms with Crippen LogP contribution in [-0.4, -0.2) is 67.7 Å². The molecule has 2 aliphatic heterocycles. The van der Waals surface area contributed by atoms with Crippen LogP contribution in [0.1, 0.15) is 19.3 Å². The lowest BCUT2D eigenvalue weighted by Crippen LogP contribution is -2.49. The smallest absolute Gasteiger partial charge is 0.225 e. The molecule has 2 saturated heterocycles. The van der Waals surface area contributed by atoms with E-state index in [1.165, 1.54) is 12.1 Å². The van der Waals surface area contributed by atoms with Gasteiger partial charge in [-0.15, -0.1) is 0 Å². The minimum atomic E-state index is -0.335. The molecule has 0 atom stereocenters. The largest absolute Gasteiger partial charge is 0.379 e. The maximum Gasteiger partial charge on any atom is 0.225 e. The standard InChI is InChI=1S/C18H26FN3O2/c19-15-2-1-3-16(14-15)20-18(23)6-9-21-7-4-17(5-8-21)22-10-12-24-13-11-22/h1-3,14,17H,4-13H2,(H,20,23). The SMILES string of the molecule is O=C(CCN1CCC(N2CCOCC2)CC1)Nc1cccc(F)c1. The quantitative estimate of drug-likeness (QED) is 0.893. The van der Waals surface area contributed by atoms with Crippen molar-refractivity contribution in [2.75, 3.05) is 51.3 Å². The first kappa shape index (κ1) is 17.3. The van der Waals surface area contributed by atoms with E-state index >= 15 is 0 Å². The number of ether oxygens (including phenoxy) is 1. The predicted molar refractivity (Wildman–Crippen MR) is 91.5 cm³/mol. The van der Waals surface area contributed by atoms with E-state index in [1.54, 1.807) is 12.1 Å². The molecular formula is C18H26FN3O2. The summed E-state index contributed by atoms with van der Waals surface area (Å²) < 4.78 is 18.5. The van der Waals surface area contributed by atoms with Crippen LogP contribution < -0.4 is 5.32 Å². The molecule has 0 radical (unpaired) electrons. The van der Waals surface area contributed by atoms with Gasteiger partial charge in [0.05, 0.1) is 13.2 Å². The van der Waals surface area contributed by atoms with Gasteiger partial charge in [-0.1, -0.05) is 6.07 Å². The highest BCUT2D eigenvalue weighted by Crippen LogP contribution is 2.18. The molecule has 1 amide bonds. The van der Waals surface area contributed by atoms with Crippen molar-refractivity contribution >= 4 is 11.6 Å². The Balaban J connectivity index is 1.36. The van der Waals surface area contributed by atoms with Gasteiger partial charge in [-0.25, -0.2) is 4.39 Å². The lowest BCUT2D eigenvalue weighted by molar-refractivity contribution is -0.116. The van der Waals surface area contributed by atoms with Gasteiger partial charge in [-0.3, -0.25) is 9.69 Å². The first-order valence-electron chi connectivity index (χ1n) is 8.80. The van der Waals surface area contributed by atoms with Crippen LogP contribution in [0.15, 0.2) is 24.3 Å². The second-order valence-corrected chi connectivity index (χ2v) is 6.53. The number of hydrogen-bond acceptors (Lipinski definition) is 4. The van der Waals surface area contributed by atoms with Crippen molar-refractivity contribution in [2.45, 2.75) is 25.3 Å². The Hall–Kier alpha value is -1.50. The zero-order valence-electron chi connectivity index (χ0n) is 14.0. The molecule has 5 nitrogen and oxygen atoms in total. The van der Waals surface area contributed by atoms with E-state index in [-0.39, 0.29) is 11.7 Å². The molecular weight excluding hydrogens is 309 g/mol. The minimum Gasteiger partial charge on any atom is -0.379 e. The average molecular weight is 335 g/mol. The molecule has 0 spiro atoms. The number of hydrogen-bond donors (Lipinski definition) is 1. The van der Waals surface area contributed by atoms with Gasteiger partial charge >= 0.3 is 0 Å². The van der Waals surface area contributed by atoms with E-state index in [9.17, 15) is 9.18 Å². The number of benzene rings is 1. The summed E-state index contributed by atoms with van der Waals surface area (Å²) in [6.07, 6.45) is 2.76.